The molecule has 2 aromatic carbocycles. The monoisotopic (exact) mass is 526 g/mol. The van der Waals surface area contributed by atoms with Crippen molar-refractivity contribution < 1.29 is 4.79 Å². The van der Waals surface area contributed by atoms with Gasteiger partial charge < -0.3 is 8.68 Å². The Balaban J connectivity index is 2.53. The van der Waals surface area contributed by atoms with Gasteiger partial charge in [0, 0.05) is 17.7 Å². The van der Waals surface area contributed by atoms with Crippen LogP contribution in [0.3, 0.4) is 0 Å². The molecular weight excluding hydrogens is 485 g/mol. The molecule has 0 bridgehead atoms. The Labute approximate surface area is 213 Å². The van der Waals surface area contributed by atoms with Gasteiger partial charge in [-0.15, -0.1) is 0 Å². The maximum absolute atomic E-state index is 13.2. The zero-order chi connectivity index (χ0) is 25.3. The predicted octanol–water partition coefficient (Wildman–Crippen LogP) is 4.95. The van der Waals surface area contributed by atoms with Crippen molar-refractivity contribution >= 4 is 53.0 Å². The average Bonchev–Trinajstić information content (AvgIpc) is 2.79. The van der Waals surface area contributed by atoms with Crippen LogP contribution in [0, 0.1) is 0 Å². The van der Waals surface area contributed by atoms with Crippen molar-refractivity contribution in [3.8, 4) is 0 Å². The summed E-state index contributed by atoms with van der Waals surface area (Å²) in [5.41, 5.74) is 3.81. The van der Waals surface area contributed by atoms with Crippen molar-refractivity contribution in [3.63, 3.8) is 0 Å². The van der Waals surface area contributed by atoms with E-state index in [0.29, 0.717) is 12.8 Å². The lowest BCUT2D eigenvalue weighted by Gasteiger charge is -2.30. The summed E-state index contributed by atoms with van der Waals surface area (Å²) in [6.07, 6.45) is 0.924. The Hall–Kier alpha value is -2.08. The minimum atomic E-state index is -1.14. The molecular formula is C25H42N4OSi4. The first-order valence-corrected chi connectivity index (χ1v) is 23.7. The largest absolute Gasteiger partial charge is 0.355 e. The smallest absolute Gasteiger partial charge is 0.168 e. The van der Waals surface area contributed by atoms with E-state index in [1.54, 1.807) is 0 Å². The van der Waals surface area contributed by atoms with Crippen molar-refractivity contribution in [2.45, 2.75) is 65.2 Å². The van der Waals surface area contributed by atoms with Crippen LogP contribution in [-0.2, 0) is 0 Å². The summed E-state index contributed by atoms with van der Waals surface area (Å²) in [5, 5.41) is 10.4. The van der Waals surface area contributed by atoms with Gasteiger partial charge in [-0.3, -0.25) is 4.79 Å². The van der Waals surface area contributed by atoms with Crippen LogP contribution in [0.25, 0.3) is 0 Å². The number of nitrogens with zero attached hydrogens (tertiary/aromatic N) is 4. The number of hydrogen-bond acceptors (Lipinski definition) is 5. The molecule has 0 amide bonds. The first-order valence-electron chi connectivity index (χ1n) is 12.4. The second kappa shape index (κ2) is 13.7. The van der Waals surface area contributed by atoms with E-state index in [1.165, 1.54) is 0 Å². The zero-order valence-corrected chi connectivity index (χ0v) is 26.8. The molecule has 0 heterocycles. The average molecular weight is 527 g/mol. The molecule has 0 spiro atoms. The van der Waals surface area contributed by atoms with Crippen LogP contribution in [0.2, 0.25) is 52.4 Å². The van der Waals surface area contributed by atoms with Crippen LogP contribution in [0.5, 0.6) is 0 Å². The Bertz CT molecular complexity index is 947. The maximum Gasteiger partial charge on any atom is 0.168 e. The summed E-state index contributed by atoms with van der Waals surface area (Å²) in [5.74, 6) is 0.121. The molecule has 0 saturated carbocycles. The second-order valence-corrected chi connectivity index (χ2v) is 21.9. The number of benzene rings is 2. The minimum absolute atomic E-state index is 0.121. The number of hydrogen-bond donors (Lipinski definition) is 0. The predicted molar refractivity (Wildman–Crippen MR) is 160 cm³/mol. The van der Waals surface area contributed by atoms with Crippen LogP contribution in [0.1, 0.15) is 28.8 Å². The van der Waals surface area contributed by atoms with Crippen molar-refractivity contribution in [1.82, 2.24) is 8.68 Å². The van der Waals surface area contributed by atoms with Gasteiger partial charge in [0.1, 0.15) is 35.8 Å². The fourth-order valence-electron chi connectivity index (χ4n) is 4.02. The molecule has 0 N–H and O–H groups in total. The van der Waals surface area contributed by atoms with Gasteiger partial charge in [0.25, 0.3) is 0 Å². The third kappa shape index (κ3) is 8.61. The summed E-state index contributed by atoms with van der Waals surface area (Å²) in [4.78, 5) is 13.2. The summed E-state index contributed by atoms with van der Waals surface area (Å²) in [7, 11) is -4.48. The summed E-state index contributed by atoms with van der Waals surface area (Å²) < 4.78 is 4.80. The number of carbonyl (C=O) groups excluding carboxylic acids is 1. The highest BCUT2D eigenvalue weighted by atomic mass is 28.4. The first kappa shape index (κ1) is 28.2. The van der Waals surface area contributed by atoms with E-state index >= 15 is 0 Å². The number of ketones is 1. The fraction of sp³-hybridized carbons (Fsp3) is 0.400. The van der Waals surface area contributed by atoms with Gasteiger partial charge in [-0.25, -0.2) is 5.10 Å². The Morgan fingerprint density at radius 2 is 1.03 bits per heavy atom. The maximum atomic E-state index is 13.2. The Kier molecular flexibility index (Phi) is 11.4. The molecule has 0 radical (unpaired) electrons. The van der Waals surface area contributed by atoms with Gasteiger partial charge in [-0.2, -0.15) is 5.10 Å². The van der Waals surface area contributed by atoms with Crippen LogP contribution in [0.15, 0.2) is 70.9 Å². The minimum Gasteiger partial charge on any atom is -0.355 e. The van der Waals surface area contributed by atoms with Crippen LogP contribution in [0.4, 0.5) is 0 Å². The second-order valence-electron chi connectivity index (χ2n) is 9.86. The molecule has 0 aromatic heterocycles. The van der Waals surface area contributed by atoms with Gasteiger partial charge in [0.2, 0.25) is 0 Å². The normalized spacial score (nSPS) is 12.7. The van der Waals surface area contributed by atoms with E-state index in [0.717, 1.165) is 22.6 Å². The van der Waals surface area contributed by atoms with Crippen molar-refractivity contribution in [2.24, 2.45) is 10.2 Å². The zero-order valence-electron chi connectivity index (χ0n) is 22.2. The molecule has 0 aliphatic rings. The molecule has 0 unspecified atom stereocenters. The van der Waals surface area contributed by atoms with Crippen LogP contribution >= 0.6 is 0 Å². The van der Waals surface area contributed by atoms with Crippen LogP contribution in [-0.4, -0.2) is 61.7 Å². The lowest BCUT2D eigenvalue weighted by Crippen LogP contribution is -2.41. The Morgan fingerprint density at radius 3 is 1.47 bits per heavy atom. The van der Waals surface area contributed by atoms with Crippen LogP contribution < -0.4 is 0 Å². The summed E-state index contributed by atoms with van der Waals surface area (Å²) >= 11 is 0. The standard InChI is InChI=1S/C25H42N4OSi4/c1-31(2)28(32(3)4)26-23(20-25(30)22-17-13-10-14-18-22)19-24(21-15-11-9-12-16-21)27-29(33(5)6)34(7)8/h9-18,31-34H,19-20H2,1-8H3. The third-order valence-corrected chi connectivity index (χ3v) is 17.4. The number of Topliss-reactive ketones (excluding diaryl/α,β-unsaturated/α-hetero) is 1. The van der Waals surface area contributed by atoms with Crippen molar-refractivity contribution in [1.29, 1.82) is 0 Å². The van der Waals surface area contributed by atoms with Gasteiger partial charge in [-0.1, -0.05) is 113 Å². The van der Waals surface area contributed by atoms with E-state index < -0.39 is 35.8 Å². The molecule has 0 atom stereocenters. The van der Waals surface area contributed by atoms with E-state index in [9.17, 15) is 4.79 Å². The van der Waals surface area contributed by atoms with Gasteiger partial charge in [0.05, 0.1) is 12.1 Å². The lowest BCUT2D eigenvalue weighted by molar-refractivity contribution is 0.1000. The van der Waals surface area contributed by atoms with E-state index in [2.05, 4.69) is 85.3 Å². The van der Waals surface area contributed by atoms with Gasteiger partial charge >= 0.3 is 0 Å². The summed E-state index contributed by atoms with van der Waals surface area (Å²) in [6.45, 7) is 18.6. The molecule has 2 aromatic rings. The quantitative estimate of drug-likeness (QED) is 0.170. The summed E-state index contributed by atoms with van der Waals surface area (Å²) in [6, 6.07) is 20.0. The Morgan fingerprint density at radius 1 is 0.618 bits per heavy atom. The highest BCUT2D eigenvalue weighted by Gasteiger charge is 2.21. The number of hydrazone groups is 2. The molecule has 0 aliphatic carbocycles. The van der Waals surface area contributed by atoms with E-state index in [-0.39, 0.29) is 5.78 Å². The molecule has 34 heavy (non-hydrogen) atoms. The van der Waals surface area contributed by atoms with E-state index in [4.69, 9.17) is 10.2 Å². The molecule has 5 nitrogen and oxygen atoms in total. The molecule has 0 saturated heterocycles. The molecule has 2 rings (SSSR count). The van der Waals surface area contributed by atoms with Gasteiger partial charge in [-0.05, 0) is 5.56 Å². The fourth-order valence-corrected chi connectivity index (χ4v) is 15.1. The van der Waals surface area contributed by atoms with Gasteiger partial charge in [0.15, 0.2) is 5.78 Å². The number of rotatable bonds is 12. The lowest BCUT2D eigenvalue weighted by atomic mass is 9.99. The van der Waals surface area contributed by atoms with Crippen molar-refractivity contribution in [3.05, 3.63) is 71.8 Å². The first-order chi connectivity index (χ1) is 16.1. The molecule has 184 valence electrons. The topological polar surface area (TPSA) is 48.3 Å². The van der Waals surface area contributed by atoms with Crippen molar-refractivity contribution in [2.75, 3.05) is 0 Å². The third-order valence-electron chi connectivity index (χ3n) is 5.55. The SMILES string of the molecule is C[SiH](C)N(N=C(CC(=O)c1ccccc1)CC(=NN([SiH](C)C)[SiH](C)C)c1ccccc1)[SiH](C)C. The molecule has 0 fully saturated rings. The highest BCUT2D eigenvalue weighted by Crippen LogP contribution is 2.15. The molecule has 9 heteroatoms. The number of carbonyl (C=O) groups is 1. The molecule has 0 aliphatic heterocycles. The highest BCUT2D eigenvalue weighted by molar-refractivity contribution is 6.70. The van der Waals surface area contributed by atoms with E-state index in [1.807, 2.05) is 36.4 Å².